The number of aliphatic carboxylic acids is 1. The number of hydrogen-bond acceptors (Lipinski definition) is 3. The van der Waals surface area contributed by atoms with Gasteiger partial charge in [-0.2, -0.15) is 5.10 Å². The lowest BCUT2D eigenvalue weighted by Gasteiger charge is -2.33. The maximum atomic E-state index is 10.8. The SMILES string of the molecule is Cc1nn(C)c(N2CCC3CCCCC32)c1/C=C/C(=O)O. The highest BCUT2D eigenvalue weighted by Crippen LogP contribution is 2.40. The molecule has 5 nitrogen and oxygen atoms in total. The maximum Gasteiger partial charge on any atom is 0.328 e. The van der Waals surface area contributed by atoms with Crippen LogP contribution >= 0.6 is 0 Å². The minimum atomic E-state index is -0.916. The van der Waals surface area contributed by atoms with Crippen LogP contribution in [0.2, 0.25) is 0 Å². The Labute approximate surface area is 125 Å². The van der Waals surface area contributed by atoms with Gasteiger partial charge in [0.25, 0.3) is 0 Å². The van der Waals surface area contributed by atoms with E-state index in [1.54, 1.807) is 6.08 Å². The van der Waals surface area contributed by atoms with Crippen molar-refractivity contribution >= 4 is 17.9 Å². The number of hydrogen-bond donors (Lipinski definition) is 1. The zero-order chi connectivity index (χ0) is 15.0. The molecule has 1 aliphatic carbocycles. The van der Waals surface area contributed by atoms with Crippen LogP contribution in [0, 0.1) is 12.8 Å². The molecule has 0 spiro atoms. The van der Waals surface area contributed by atoms with Gasteiger partial charge in [-0.25, -0.2) is 4.79 Å². The van der Waals surface area contributed by atoms with Gasteiger partial charge in [-0.15, -0.1) is 0 Å². The van der Waals surface area contributed by atoms with Crippen molar-refractivity contribution in [2.45, 2.75) is 45.1 Å². The number of anilines is 1. The second-order valence-electron chi connectivity index (χ2n) is 6.21. The van der Waals surface area contributed by atoms with E-state index >= 15 is 0 Å². The Hall–Kier alpha value is -1.78. The number of carboxylic acids is 1. The zero-order valence-electron chi connectivity index (χ0n) is 12.7. The summed E-state index contributed by atoms with van der Waals surface area (Å²) in [5.41, 5.74) is 1.84. The molecule has 0 radical (unpaired) electrons. The van der Waals surface area contributed by atoms with E-state index in [0.29, 0.717) is 6.04 Å². The topological polar surface area (TPSA) is 58.4 Å². The third-order valence-corrected chi connectivity index (χ3v) is 4.91. The van der Waals surface area contributed by atoms with Crippen LogP contribution in [0.15, 0.2) is 6.08 Å². The summed E-state index contributed by atoms with van der Waals surface area (Å²) in [4.78, 5) is 13.3. The molecular formula is C16H23N3O2. The maximum absolute atomic E-state index is 10.8. The normalized spacial score (nSPS) is 25.5. The fourth-order valence-corrected chi connectivity index (χ4v) is 4.02. The van der Waals surface area contributed by atoms with E-state index in [0.717, 1.165) is 29.5 Å². The molecule has 1 aromatic heterocycles. The Kier molecular flexibility index (Phi) is 3.74. The zero-order valence-corrected chi connectivity index (χ0v) is 12.7. The van der Waals surface area contributed by atoms with Crippen LogP contribution in [0.1, 0.15) is 43.4 Å². The molecule has 1 N–H and O–H groups in total. The van der Waals surface area contributed by atoms with E-state index in [9.17, 15) is 4.79 Å². The first kappa shape index (κ1) is 14.2. The van der Waals surface area contributed by atoms with Gasteiger partial charge < -0.3 is 10.0 Å². The van der Waals surface area contributed by atoms with E-state index in [1.165, 1.54) is 38.2 Å². The molecule has 1 saturated carbocycles. The second kappa shape index (κ2) is 5.54. The summed E-state index contributed by atoms with van der Waals surface area (Å²) in [6, 6.07) is 0.602. The lowest BCUT2D eigenvalue weighted by molar-refractivity contribution is -0.131. The molecule has 1 aromatic rings. The van der Waals surface area contributed by atoms with Gasteiger partial charge in [-0.3, -0.25) is 4.68 Å². The number of nitrogens with zero attached hydrogens (tertiary/aromatic N) is 3. The summed E-state index contributed by atoms with van der Waals surface area (Å²) >= 11 is 0. The van der Waals surface area contributed by atoms with Crippen molar-refractivity contribution in [1.29, 1.82) is 0 Å². The summed E-state index contributed by atoms with van der Waals surface area (Å²) in [5, 5.41) is 13.4. The third-order valence-electron chi connectivity index (χ3n) is 4.91. The highest BCUT2D eigenvalue weighted by atomic mass is 16.4. The first-order valence-corrected chi connectivity index (χ1v) is 7.79. The Morgan fingerprint density at radius 3 is 2.86 bits per heavy atom. The van der Waals surface area contributed by atoms with Gasteiger partial charge >= 0.3 is 5.97 Å². The van der Waals surface area contributed by atoms with Gasteiger partial charge in [-0.05, 0) is 38.2 Å². The average Bonchev–Trinajstić information content (AvgIpc) is 2.97. The first-order chi connectivity index (χ1) is 10.1. The molecule has 5 heteroatoms. The molecular weight excluding hydrogens is 266 g/mol. The van der Waals surface area contributed by atoms with Crippen LogP contribution in [0.3, 0.4) is 0 Å². The van der Waals surface area contributed by atoms with Gasteiger partial charge in [0, 0.05) is 31.3 Å². The molecule has 0 aromatic carbocycles. The summed E-state index contributed by atoms with van der Waals surface area (Å²) in [6.07, 6.45) is 9.38. The summed E-state index contributed by atoms with van der Waals surface area (Å²) in [6.45, 7) is 3.00. The molecule has 21 heavy (non-hydrogen) atoms. The Morgan fingerprint density at radius 2 is 2.10 bits per heavy atom. The predicted octanol–water partition coefficient (Wildman–Crippen LogP) is 2.60. The van der Waals surface area contributed by atoms with Gasteiger partial charge in [0.15, 0.2) is 0 Å². The fourth-order valence-electron chi connectivity index (χ4n) is 4.02. The highest BCUT2D eigenvalue weighted by Gasteiger charge is 2.37. The predicted molar refractivity (Wildman–Crippen MR) is 82.3 cm³/mol. The third kappa shape index (κ3) is 2.57. The number of aryl methyl sites for hydroxylation is 2. The number of carboxylic acid groups (broad SMARTS) is 1. The summed E-state index contributed by atoms with van der Waals surface area (Å²) in [5.74, 6) is 0.964. The molecule has 2 unspecified atom stereocenters. The summed E-state index contributed by atoms with van der Waals surface area (Å²) < 4.78 is 1.91. The molecule has 2 aliphatic rings. The van der Waals surface area contributed by atoms with Crippen LogP contribution in [-0.4, -0.2) is 33.4 Å². The van der Waals surface area contributed by atoms with Crippen molar-refractivity contribution in [3.8, 4) is 0 Å². The van der Waals surface area contributed by atoms with Gasteiger partial charge in [0.1, 0.15) is 5.82 Å². The highest BCUT2D eigenvalue weighted by molar-refractivity contribution is 5.87. The largest absolute Gasteiger partial charge is 0.478 e. The Bertz CT molecular complexity index is 576. The van der Waals surface area contributed by atoms with E-state index in [2.05, 4.69) is 10.00 Å². The van der Waals surface area contributed by atoms with Crippen LogP contribution < -0.4 is 4.90 Å². The standard InChI is InChI=1S/C16H23N3O2/c1-11-13(7-8-15(20)21)16(18(2)17-11)19-10-9-12-5-3-4-6-14(12)19/h7-8,12,14H,3-6,9-10H2,1-2H3,(H,20,21)/b8-7+. The van der Waals surface area contributed by atoms with Crippen LogP contribution in [0.25, 0.3) is 6.08 Å². The van der Waals surface area contributed by atoms with Crippen LogP contribution in [0.5, 0.6) is 0 Å². The lowest BCUT2D eigenvalue weighted by Crippen LogP contribution is -2.36. The molecule has 114 valence electrons. The van der Waals surface area contributed by atoms with Crippen molar-refractivity contribution in [2.75, 3.05) is 11.4 Å². The smallest absolute Gasteiger partial charge is 0.328 e. The minimum absolute atomic E-state index is 0.602. The number of aromatic nitrogens is 2. The monoisotopic (exact) mass is 289 g/mol. The van der Waals surface area contributed by atoms with Gasteiger partial charge in [0.2, 0.25) is 0 Å². The molecule has 1 saturated heterocycles. The van der Waals surface area contributed by atoms with Gasteiger partial charge in [-0.1, -0.05) is 12.8 Å². The van der Waals surface area contributed by atoms with Crippen molar-refractivity contribution in [1.82, 2.24) is 9.78 Å². The molecule has 3 rings (SSSR count). The molecule has 0 bridgehead atoms. The van der Waals surface area contributed by atoms with E-state index in [4.69, 9.17) is 5.11 Å². The number of fused-ring (bicyclic) bond motifs is 1. The molecule has 0 amide bonds. The average molecular weight is 289 g/mol. The quantitative estimate of drug-likeness (QED) is 0.869. The lowest BCUT2D eigenvalue weighted by atomic mass is 9.85. The van der Waals surface area contributed by atoms with Gasteiger partial charge in [0.05, 0.1) is 5.69 Å². The molecule has 2 fully saturated rings. The number of carbonyl (C=O) groups is 1. The van der Waals surface area contributed by atoms with E-state index in [-0.39, 0.29) is 0 Å². The molecule has 2 heterocycles. The van der Waals surface area contributed by atoms with E-state index < -0.39 is 5.97 Å². The second-order valence-corrected chi connectivity index (χ2v) is 6.21. The minimum Gasteiger partial charge on any atom is -0.478 e. The Morgan fingerprint density at radius 1 is 1.33 bits per heavy atom. The van der Waals surface area contributed by atoms with E-state index in [1.807, 2.05) is 18.7 Å². The van der Waals surface area contributed by atoms with Crippen LogP contribution in [0.4, 0.5) is 5.82 Å². The molecule has 1 aliphatic heterocycles. The van der Waals surface area contributed by atoms with Crippen molar-refractivity contribution in [3.05, 3.63) is 17.3 Å². The van der Waals surface area contributed by atoms with Crippen molar-refractivity contribution in [3.63, 3.8) is 0 Å². The Balaban J connectivity index is 1.96. The summed E-state index contributed by atoms with van der Waals surface area (Å²) in [7, 11) is 1.95. The first-order valence-electron chi connectivity index (χ1n) is 7.79. The van der Waals surface area contributed by atoms with Crippen LogP contribution in [-0.2, 0) is 11.8 Å². The molecule has 2 atom stereocenters. The van der Waals surface area contributed by atoms with Crippen molar-refractivity contribution < 1.29 is 9.90 Å². The number of rotatable bonds is 3. The van der Waals surface area contributed by atoms with Crippen molar-refractivity contribution in [2.24, 2.45) is 13.0 Å². The fraction of sp³-hybridized carbons (Fsp3) is 0.625.